The van der Waals surface area contributed by atoms with E-state index in [0.29, 0.717) is 12.3 Å². The zero-order chi connectivity index (χ0) is 26.9. The Bertz CT molecular complexity index is 1550. The number of anilines is 2. The van der Waals surface area contributed by atoms with E-state index in [1.54, 1.807) is 31.2 Å². The van der Waals surface area contributed by atoms with Crippen molar-refractivity contribution in [1.82, 2.24) is 4.98 Å². The Balaban J connectivity index is 1.46. The molecule has 38 heavy (non-hydrogen) atoms. The van der Waals surface area contributed by atoms with Crippen LogP contribution in [-0.4, -0.2) is 45.1 Å². The predicted molar refractivity (Wildman–Crippen MR) is 143 cm³/mol. The molecule has 4 aromatic rings. The zero-order valence-corrected chi connectivity index (χ0v) is 22.1. The Morgan fingerprint density at radius 1 is 1.11 bits per heavy atom. The molecule has 1 atom stereocenters. The fourth-order valence-corrected chi connectivity index (χ4v) is 6.93. The number of nitrogens with zero attached hydrogens (tertiary/aromatic N) is 3. The highest BCUT2D eigenvalue weighted by atomic mass is 32.2. The number of amides is 1. The first-order valence-corrected chi connectivity index (χ1v) is 14.4. The average Bonchev–Trinajstić information content (AvgIpc) is 3.58. The van der Waals surface area contributed by atoms with Gasteiger partial charge in [-0.05, 0) is 62.2 Å². The number of benzene rings is 3. The quantitative estimate of drug-likeness (QED) is 0.281. The Morgan fingerprint density at radius 3 is 2.50 bits per heavy atom. The van der Waals surface area contributed by atoms with Crippen LogP contribution in [0.3, 0.4) is 0 Å². The molecule has 0 radical (unpaired) electrons. The Labute approximate surface area is 223 Å². The van der Waals surface area contributed by atoms with Crippen LogP contribution in [-0.2, 0) is 14.8 Å². The fraction of sp³-hybridized carbons (Fsp3) is 0.259. The molecule has 0 N–H and O–H groups in total. The number of para-hydroxylation sites is 1. The molecule has 198 valence electrons. The fourth-order valence-electron chi connectivity index (χ4n) is 4.44. The van der Waals surface area contributed by atoms with Crippen LogP contribution in [0.1, 0.15) is 30.1 Å². The van der Waals surface area contributed by atoms with E-state index in [1.165, 1.54) is 39.5 Å². The first kappa shape index (κ1) is 26.2. The first-order valence-electron chi connectivity index (χ1n) is 12.1. The monoisotopic (exact) mass is 557 g/mol. The van der Waals surface area contributed by atoms with Crippen LogP contribution < -0.4 is 9.21 Å². The zero-order valence-electron chi connectivity index (χ0n) is 20.5. The highest BCUT2D eigenvalue weighted by Gasteiger charge is 2.29. The highest BCUT2D eigenvalue weighted by Crippen LogP contribution is 2.33. The largest absolute Gasteiger partial charge is 0.376 e. The van der Waals surface area contributed by atoms with Crippen molar-refractivity contribution in [3.05, 3.63) is 83.9 Å². The molecule has 0 spiro atoms. The van der Waals surface area contributed by atoms with Crippen LogP contribution in [0, 0.1) is 11.6 Å². The molecule has 1 aliphatic rings. The molecule has 1 fully saturated rings. The van der Waals surface area contributed by atoms with Gasteiger partial charge in [-0.1, -0.05) is 29.5 Å². The Hall–Kier alpha value is -3.41. The summed E-state index contributed by atoms with van der Waals surface area (Å²) in [7, 11) is -3.86. The number of hydrogen-bond acceptors (Lipinski definition) is 6. The molecular formula is C27H25F2N3O4S2. The second-order valence-electron chi connectivity index (χ2n) is 8.81. The topological polar surface area (TPSA) is 79.8 Å². The van der Waals surface area contributed by atoms with Crippen molar-refractivity contribution >= 4 is 48.3 Å². The Morgan fingerprint density at radius 2 is 1.84 bits per heavy atom. The van der Waals surface area contributed by atoms with Crippen molar-refractivity contribution < 1.29 is 26.7 Å². The third-order valence-corrected chi connectivity index (χ3v) is 9.25. The molecule has 3 aromatic carbocycles. The van der Waals surface area contributed by atoms with Crippen LogP contribution >= 0.6 is 11.3 Å². The maximum Gasteiger partial charge on any atom is 0.264 e. The summed E-state index contributed by atoms with van der Waals surface area (Å²) in [6, 6.07) is 16.4. The molecule has 5 rings (SSSR count). The minimum Gasteiger partial charge on any atom is -0.376 e. The van der Waals surface area contributed by atoms with Crippen LogP contribution in [0.5, 0.6) is 0 Å². The van der Waals surface area contributed by atoms with Crippen molar-refractivity contribution in [3.63, 3.8) is 0 Å². The lowest BCUT2D eigenvalue weighted by Gasteiger charge is -2.24. The van der Waals surface area contributed by atoms with Crippen molar-refractivity contribution in [2.45, 2.75) is 30.8 Å². The first-order chi connectivity index (χ1) is 18.3. The van der Waals surface area contributed by atoms with E-state index in [9.17, 15) is 22.0 Å². The molecule has 1 aliphatic heterocycles. The maximum absolute atomic E-state index is 14.3. The summed E-state index contributed by atoms with van der Waals surface area (Å²) in [5.74, 6) is -1.98. The molecule has 0 saturated carbocycles. The lowest BCUT2D eigenvalue weighted by Crippen LogP contribution is -2.37. The van der Waals surface area contributed by atoms with E-state index < -0.39 is 27.6 Å². The molecule has 1 aromatic heterocycles. The minimum absolute atomic E-state index is 0.0152. The second-order valence-corrected chi connectivity index (χ2v) is 11.7. The van der Waals surface area contributed by atoms with Crippen molar-refractivity contribution in [3.8, 4) is 0 Å². The van der Waals surface area contributed by atoms with Gasteiger partial charge in [0, 0.05) is 24.8 Å². The maximum atomic E-state index is 14.3. The van der Waals surface area contributed by atoms with Gasteiger partial charge in [-0.25, -0.2) is 22.2 Å². The van der Waals surface area contributed by atoms with Crippen molar-refractivity contribution in [1.29, 1.82) is 0 Å². The average molecular weight is 558 g/mol. The summed E-state index contributed by atoms with van der Waals surface area (Å²) < 4.78 is 62.1. The van der Waals surface area contributed by atoms with Gasteiger partial charge in [0.2, 0.25) is 0 Å². The van der Waals surface area contributed by atoms with Gasteiger partial charge in [-0.2, -0.15) is 0 Å². The van der Waals surface area contributed by atoms with Gasteiger partial charge in [0.05, 0.1) is 27.9 Å². The van der Waals surface area contributed by atoms with Crippen LogP contribution in [0.2, 0.25) is 0 Å². The molecule has 1 amide bonds. The van der Waals surface area contributed by atoms with Crippen molar-refractivity contribution in [2.75, 3.05) is 28.9 Å². The number of halogens is 2. The summed E-state index contributed by atoms with van der Waals surface area (Å²) in [5.41, 5.74) is 0.756. The van der Waals surface area contributed by atoms with Gasteiger partial charge in [-0.3, -0.25) is 14.0 Å². The molecule has 7 nitrogen and oxygen atoms in total. The third-order valence-electron chi connectivity index (χ3n) is 6.31. The Kier molecular flexibility index (Phi) is 7.42. The SMILES string of the molecule is CCN(c1ccccc1)S(=O)(=O)c1ccc(C(=O)N(CC2CCCO2)c2nc3c(F)cc(F)cc3s2)cc1. The number of hydrogen-bond donors (Lipinski definition) is 0. The smallest absolute Gasteiger partial charge is 0.264 e. The third kappa shape index (κ3) is 5.13. The van der Waals surface area contributed by atoms with Gasteiger partial charge in [0.1, 0.15) is 11.3 Å². The molecule has 1 unspecified atom stereocenters. The van der Waals surface area contributed by atoms with E-state index in [4.69, 9.17) is 4.74 Å². The molecule has 0 aliphatic carbocycles. The van der Waals surface area contributed by atoms with Crippen molar-refractivity contribution in [2.24, 2.45) is 0 Å². The number of ether oxygens (including phenoxy) is 1. The number of thiazole rings is 1. The number of carbonyl (C=O) groups excluding carboxylic acids is 1. The molecule has 0 bridgehead atoms. The minimum atomic E-state index is -3.86. The second kappa shape index (κ2) is 10.8. The summed E-state index contributed by atoms with van der Waals surface area (Å²) in [5, 5.41) is 0.211. The van der Waals surface area contributed by atoms with Gasteiger partial charge < -0.3 is 4.74 Å². The number of fused-ring (bicyclic) bond motifs is 1. The van der Waals surface area contributed by atoms with Crippen LogP contribution in [0.25, 0.3) is 10.2 Å². The van der Waals surface area contributed by atoms with Gasteiger partial charge >= 0.3 is 0 Å². The normalized spacial score (nSPS) is 15.6. The van der Waals surface area contributed by atoms with Gasteiger partial charge in [-0.15, -0.1) is 0 Å². The van der Waals surface area contributed by atoms with Crippen LogP contribution in [0.4, 0.5) is 19.6 Å². The number of rotatable bonds is 8. The number of sulfonamides is 1. The van der Waals surface area contributed by atoms with Gasteiger partial charge in [0.25, 0.3) is 15.9 Å². The molecule has 2 heterocycles. The standard InChI is InChI=1S/C27H25F2N3O4S2/c1-2-32(20-7-4-3-5-8-20)38(34,35)22-12-10-18(11-13-22)26(33)31(17-21-9-6-14-36-21)27-30-25-23(29)15-19(28)16-24(25)37-27/h3-5,7-8,10-13,15-16,21H,2,6,9,14,17H2,1H3. The van der Waals surface area contributed by atoms with E-state index in [2.05, 4.69) is 4.98 Å². The summed E-state index contributed by atoms with van der Waals surface area (Å²) in [6.07, 6.45) is 1.38. The van der Waals surface area contributed by atoms with E-state index in [-0.39, 0.29) is 45.0 Å². The van der Waals surface area contributed by atoms with E-state index in [0.717, 1.165) is 30.2 Å². The van der Waals surface area contributed by atoms with E-state index >= 15 is 0 Å². The summed E-state index contributed by atoms with van der Waals surface area (Å²) >= 11 is 1.01. The lowest BCUT2D eigenvalue weighted by molar-refractivity contribution is 0.0917. The molecular weight excluding hydrogens is 532 g/mol. The van der Waals surface area contributed by atoms with Gasteiger partial charge in [0.15, 0.2) is 10.9 Å². The summed E-state index contributed by atoms with van der Waals surface area (Å²) in [6.45, 7) is 2.74. The number of carbonyl (C=O) groups is 1. The lowest BCUT2D eigenvalue weighted by atomic mass is 10.2. The number of aromatic nitrogens is 1. The van der Waals surface area contributed by atoms with E-state index in [1.807, 2.05) is 6.07 Å². The molecule has 11 heteroatoms. The predicted octanol–water partition coefficient (Wildman–Crippen LogP) is 5.62. The van der Waals surface area contributed by atoms with Crippen LogP contribution in [0.15, 0.2) is 71.6 Å². The summed E-state index contributed by atoms with van der Waals surface area (Å²) in [4.78, 5) is 19.4. The highest BCUT2D eigenvalue weighted by molar-refractivity contribution is 7.92. The molecule has 1 saturated heterocycles.